The summed E-state index contributed by atoms with van der Waals surface area (Å²) in [7, 11) is -2.38. The van der Waals surface area contributed by atoms with Crippen LogP contribution in [0.2, 0.25) is 0 Å². The number of rotatable bonds is 3. The smallest absolute Gasteiger partial charge is 0.512 e. The first-order chi connectivity index (χ1) is 8.58. The van der Waals surface area contributed by atoms with Gasteiger partial charge >= 0.3 is 47.7 Å². The van der Waals surface area contributed by atoms with Crippen molar-refractivity contribution in [2.45, 2.75) is 27.7 Å². The van der Waals surface area contributed by atoms with Gasteiger partial charge in [0.1, 0.15) is 5.75 Å². The number of benzene rings is 1. The fourth-order valence-corrected chi connectivity index (χ4v) is 1.17. The van der Waals surface area contributed by atoms with E-state index >= 15 is 0 Å². The normalized spacial score (nSPS) is 11.4. The molecular formula is C14H28BO3P. The summed E-state index contributed by atoms with van der Waals surface area (Å²) in [6, 6.07) is 3.62. The summed E-state index contributed by atoms with van der Waals surface area (Å²) in [6.07, 6.45) is 1.41. The molecule has 0 atom stereocenters. The third-order valence-electron chi connectivity index (χ3n) is 3.30. The molecule has 0 aliphatic heterocycles. The van der Waals surface area contributed by atoms with Gasteiger partial charge in [-0.3, -0.25) is 0 Å². The Labute approximate surface area is 118 Å². The van der Waals surface area contributed by atoms with Crippen LogP contribution in [0.4, 0.5) is 0 Å². The molecule has 3 nitrogen and oxygen atoms in total. The zero-order valence-electron chi connectivity index (χ0n) is 13.2. The van der Waals surface area contributed by atoms with Crippen LogP contribution >= 0.6 is 7.26 Å². The summed E-state index contributed by atoms with van der Waals surface area (Å²) in [4.78, 5) is 0. The Morgan fingerprint density at radius 3 is 1.89 bits per heavy atom. The van der Waals surface area contributed by atoms with Crippen molar-refractivity contribution in [3.63, 3.8) is 0 Å². The van der Waals surface area contributed by atoms with Gasteiger partial charge in [0.25, 0.3) is 0 Å². The second-order valence-corrected chi connectivity index (χ2v) is 11.8. The largest absolute Gasteiger partial charge is 0.707 e. The Morgan fingerprint density at radius 1 is 1.05 bits per heavy atom. The van der Waals surface area contributed by atoms with Crippen molar-refractivity contribution < 1.29 is 14.7 Å². The Morgan fingerprint density at radius 2 is 1.53 bits per heavy atom. The summed E-state index contributed by atoms with van der Waals surface area (Å²) in [5.74, 6) is 0.512. The van der Waals surface area contributed by atoms with Crippen LogP contribution in [0.5, 0.6) is 5.75 Å². The molecule has 0 aromatic heterocycles. The van der Waals surface area contributed by atoms with Crippen LogP contribution < -0.4 is 4.65 Å². The fourth-order valence-electron chi connectivity index (χ4n) is 1.17. The van der Waals surface area contributed by atoms with Crippen molar-refractivity contribution in [1.29, 1.82) is 0 Å². The number of hydrogen-bond acceptors (Lipinski definition) is 3. The first-order valence-corrected chi connectivity index (χ1v) is 10.4. The minimum atomic E-state index is -1.75. The fraction of sp³-hybridized carbons (Fsp3) is 0.571. The molecule has 1 rings (SSSR count). The van der Waals surface area contributed by atoms with Crippen molar-refractivity contribution in [2.75, 3.05) is 26.2 Å². The maximum atomic E-state index is 8.62. The molecule has 2 N–H and O–H groups in total. The van der Waals surface area contributed by atoms with Gasteiger partial charge in [-0.1, -0.05) is 6.07 Å². The average Bonchev–Trinajstić information content (AvgIpc) is 2.29. The molecule has 0 radical (unpaired) electrons. The van der Waals surface area contributed by atoms with Gasteiger partial charge in [-0.2, -0.15) is 0 Å². The van der Waals surface area contributed by atoms with Crippen molar-refractivity contribution in [3.05, 3.63) is 28.8 Å². The molecule has 0 saturated heterocycles. The van der Waals surface area contributed by atoms with E-state index in [1.54, 1.807) is 6.07 Å². The summed E-state index contributed by atoms with van der Waals surface area (Å²) < 4.78 is 4.79. The van der Waals surface area contributed by atoms with Crippen LogP contribution in [-0.4, -0.2) is 43.5 Å². The number of aryl methyl sites for hydroxylation is 1. The van der Waals surface area contributed by atoms with Crippen LogP contribution in [0.1, 0.15) is 23.6 Å². The molecule has 19 heavy (non-hydrogen) atoms. The monoisotopic (exact) mass is 286 g/mol. The van der Waals surface area contributed by atoms with E-state index in [0.717, 1.165) is 16.7 Å². The zero-order chi connectivity index (χ0) is 15.2. The maximum Gasteiger partial charge on any atom is 0.707 e. The first-order valence-electron chi connectivity index (χ1n) is 6.68. The van der Waals surface area contributed by atoms with Gasteiger partial charge in [-0.25, -0.2) is 0 Å². The summed E-state index contributed by atoms with van der Waals surface area (Å²) in [6.45, 7) is 15.3. The number of hydrogen-bond donors (Lipinski definition) is 2. The third kappa shape index (κ3) is 7.56. The molecule has 0 heterocycles. The summed E-state index contributed by atoms with van der Waals surface area (Å²) >= 11 is 0. The summed E-state index contributed by atoms with van der Waals surface area (Å²) in [5.41, 5.74) is 3.21. The second kappa shape index (κ2) is 7.89. The standard InChI is InChI=1S/C9H13BO3.C5H15P/c1-6-4-5-9(13-10(11)12)8(3)7(6)2;1-5-6(2,3)4/h4-5,11-12H,1-3H3;6H,5H2,1-4H3. The Bertz CT molecular complexity index is 400. The van der Waals surface area contributed by atoms with E-state index in [1.807, 2.05) is 26.8 Å². The molecule has 0 aliphatic carbocycles. The molecule has 0 spiro atoms. The van der Waals surface area contributed by atoms with E-state index < -0.39 is 14.6 Å². The Kier molecular flexibility index (Phi) is 7.65. The minimum Gasteiger partial charge on any atom is -0.512 e. The minimum absolute atomic E-state index is 0.512. The molecule has 110 valence electrons. The Hall–Kier alpha value is -0.565. The maximum absolute atomic E-state index is 8.62. The van der Waals surface area contributed by atoms with Gasteiger partial charge in [-0.15, -0.1) is 0 Å². The van der Waals surface area contributed by atoms with Crippen LogP contribution in [-0.2, 0) is 0 Å². The van der Waals surface area contributed by atoms with Gasteiger partial charge in [0.05, 0.1) is 0 Å². The average molecular weight is 286 g/mol. The molecular weight excluding hydrogens is 258 g/mol. The van der Waals surface area contributed by atoms with Crippen LogP contribution in [0, 0.1) is 20.8 Å². The molecule has 0 amide bonds. The van der Waals surface area contributed by atoms with E-state index in [4.69, 9.17) is 14.7 Å². The topological polar surface area (TPSA) is 49.7 Å². The van der Waals surface area contributed by atoms with Gasteiger partial charge in [0, 0.05) is 0 Å². The predicted molar refractivity (Wildman–Crippen MR) is 88.1 cm³/mol. The summed E-state index contributed by atoms with van der Waals surface area (Å²) in [5, 5.41) is 17.2. The van der Waals surface area contributed by atoms with Crippen LogP contribution in [0.25, 0.3) is 0 Å². The molecule has 1 aromatic carbocycles. The quantitative estimate of drug-likeness (QED) is 0.663. The second-order valence-electron chi connectivity index (χ2n) is 5.99. The van der Waals surface area contributed by atoms with Crippen molar-refractivity contribution >= 4 is 14.6 Å². The molecule has 5 heteroatoms. The van der Waals surface area contributed by atoms with Gasteiger partial charge < -0.3 is 14.7 Å². The van der Waals surface area contributed by atoms with E-state index in [9.17, 15) is 0 Å². The third-order valence-corrected chi connectivity index (χ3v) is 5.42. The van der Waals surface area contributed by atoms with Gasteiger partial charge in [-0.05, 0) is 43.5 Å². The van der Waals surface area contributed by atoms with Crippen LogP contribution in [0.3, 0.4) is 0 Å². The molecule has 0 fully saturated rings. The zero-order valence-corrected chi connectivity index (χ0v) is 14.2. The molecule has 0 saturated carbocycles. The van der Waals surface area contributed by atoms with Crippen molar-refractivity contribution in [2.24, 2.45) is 0 Å². The van der Waals surface area contributed by atoms with Gasteiger partial charge in [0.2, 0.25) is 0 Å². The van der Waals surface area contributed by atoms with E-state index in [0.29, 0.717) is 5.75 Å². The molecule has 0 bridgehead atoms. The van der Waals surface area contributed by atoms with Crippen molar-refractivity contribution in [3.8, 4) is 5.75 Å². The molecule has 0 aliphatic rings. The van der Waals surface area contributed by atoms with E-state index in [-0.39, 0.29) is 0 Å². The first kappa shape index (κ1) is 18.4. The van der Waals surface area contributed by atoms with Crippen LogP contribution in [0.15, 0.2) is 12.1 Å². The SMILES string of the molecule is CC[PH](C)(C)C.Cc1ccc(OB(O)O)c(C)c1C. The van der Waals surface area contributed by atoms with Crippen molar-refractivity contribution in [1.82, 2.24) is 0 Å². The molecule has 0 unspecified atom stereocenters. The van der Waals surface area contributed by atoms with Gasteiger partial charge in [0.15, 0.2) is 0 Å². The predicted octanol–water partition coefficient (Wildman–Crippen LogP) is 2.61. The van der Waals surface area contributed by atoms with E-state index in [1.165, 1.54) is 6.16 Å². The molecule has 1 aromatic rings. The van der Waals surface area contributed by atoms with E-state index in [2.05, 4.69) is 26.9 Å². The Balaban J connectivity index is 0.000000459.